The number of amidine groups is 1. The molecule has 1 aliphatic rings. The van der Waals surface area contributed by atoms with Crippen LogP contribution in [0.2, 0.25) is 20.1 Å². The molecule has 0 aromatic heterocycles. The van der Waals surface area contributed by atoms with Crippen LogP contribution < -0.4 is 9.08 Å². The molecule has 1 saturated heterocycles. The molecule has 0 radical (unpaired) electrons. The molecular formula is C30H20Cl4N2O4S2. The Morgan fingerprint density at radius 2 is 1.45 bits per heavy atom. The third-order valence-corrected chi connectivity index (χ3v) is 9.68. The Morgan fingerprint density at radius 1 is 0.810 bits per heavy atom. The molecule has 0 saturated carbocycles. The number of thioether (sulfide) groups is 1. The summed E-state index contributed by atoms with van der Waals surface area (Å²) < 4.78 is 31.5. The molecule has 4 aromatic rings. The second-order valence-electron chi connectivity index (χ2n) is 9.19. The van der Waals surface area contributed by atoms with Gasteiger partial charge in [-0.3, -0.25) is 9.69 Å². The summed E-state index contributed by atoms with van der Waals surface area (Å²) >= 11 is 26.0. The summed E-state index contributed by atoms with van der Waals surface area (Å²) in [6, 6.07) is 20.6. The van der Waals surface area contributed by atoms with Crippen molar-refractivity contribution in [2.75, 3.05) is 4.90 Å². The smallest absolute Gasteiger partial charge is 0.339 e. The van der Waals surface area contributed by atoms with Gasteiger partial charge in [-0.1, -0.05) is 58.5 Å². The molecule has 214 valence electrons. The standard InChI is InChI=1S/C30H20Cl4N2O4S2/c1-17-3-8-22(15-25(17)33)35-30-36(23-9-4-18(2)26(34)16-23)29(37)28(41-30)14-19-13-21(32)7-12-27(19)40-42(38,39)24-10-5-20(31)6-11-24/h3-16H,1-2H3/b28-14+,35-30?. The zero-order chi connectivity index (χ0) is 30.2. The van der Waals surface area contributed by atoms with Crippen LogP contribution in [0.25, 0.3) is 6.08 Å². The number of hydrogen-bond acceptors (Lipinski definition) is 6. The van der Waals surface area contributed by atoms with E-state index in [1.54, 1.807) is 24.3 Å². The molecule has 1 fully saturated rings. The lowest BCUT2D eigenvalue weighted by atomic mass is 10.1. The van der Waals surface area contributed by atoms with Gasteiger partial charge >= 0.3 is 10.1 Å². The highest BCUT2D eigenvalue weighted by atomic mass is 35.5. The van der Waals surface area contributed by atoms with Gasteiger partial charge in [0.05, 0.1) is 16.3 Å². The highest BCUT2D eigenvalue weighted by Crippen LogP contribution is 2.40. The van der Waals surface area contributed by atoms with E-state index in [1.165, 1.54) is 53.4 Å². The summed E-state index contributed by atoms with van der Waals surface area (Å²) in [4.78, 5) is 20.2. The molecular weight excluding hydrogens is 658 g/mol. The summed E-state index contributed by atoms with van der Waals surface area (Å²) in [5, 5.41) is 2.07. The molecule has 1 amide bonds. The number of aliphatic imine (C=N–C) groups is 1. The quantitative estimate of drug-likeness (QED) is 0.150. The predicted octanol–water partition coefficient (Wildman–Crippen LogP) is 9.49. The third-order valence-electron chi connectivity index (χ3n) is 6.16. The average molecular weight is 678 g/mol. The highest BCUT2D eigenvalue weighted by molar-refractivity contribution is 8.19. The van der Waals surface area contributed by atoms with Gasteiger partial charge in [0, 0.05) is 25.7 Å². The molecule has 0 spiro atoms. The van der Waals surface area contributed by atoms with Gasteiger partial charge in [-0.2, -0.15) is 8.42 Å². The summed E-state index contributed by atoms with van der Waals surface area (Å²) in [6.07, 6.45) is 1.51. The number of benzene rings is 4. The summed E-state index contributed by atoms with van der Waals surface area (Å²) in [7, 11) is -4.22. The number of anilines is 1. The highest BCUT2D eigenvalue weighted by Gasteiger charge is 2.35. The van der Waals surface area contributed by atoms with Gasteiger partial charge in [-0.15, -0.1) is 0 Å². The van der Waals surface area contributed by atoms with Crippen molar-refractivity contribution in [1.29, 1.82) is 0 Å². The molecule has 0 bridgehead atoms. The van der Waals surface area contributed by atoms with E-state index in [2.05, 4.69) is 0 Å². The maximum Gasteiger partial charge on any atom is 0.339 e. The molecule has 6 nitrogen and oxygen atoms in total. The zero-order valence-electron chi connectivity index (χ0n) is 21.9. The number of rotatable bonds is 6. The van der Waals surface area contributed by atoms with Crippen LogP contribution in [0.3, 0.4) is 0 Å². The fourth-order valence-electron chi connectivity index (χ4n) is 3.88. The van der Waals surface area contributed by atoms with E-state index in [4.69, 9.17) is 55.6 Å². The number of amides is 1. The van der Waals surface area contributed by atoms with Gasteiger partial charge < -0.3 is 4.18 Å². The van der Waals surface area contributed by atoms with E-state index in [-0.39, 0.29) is 21.1 Å². The monoisotopic (exact) mass is 676 g/mol. The van der Waals surface area contributed by atoms with Crippen LogP contribution in [0.15, 0.2) is 93.7 Å². The average Bonchev–Trinajstić information content (AvgIpc) is 3.23. The lowest BCUT2D eigenvalue weighted by Crippen LogP contribution is -2.28. The Bertz CT molecular complexity index is 1890. The number of halogens is 4. The van der Waals surface area contributed by atoms with Crippen molar-refractivity contribution in [3.05, 3.63) is 121 Å². The van der Waals surface area contributed by atoms with E-state index in [9.17, 15) is 13.2 Å². The third kappa shape index (κ3) is 6.64. The molecule has 1 heterocycles. The van der Waals surface area contributed by atoms with Gasteiger partial charge in [0.25, 0.3) is 5.91 Å². The fraction of sp³-hybridized carbons (Fsp3) is 0.0667. The van der Waals surface area contributed by atoms with Crippen molar-refractivity contribution in [3.8, 4) is 5.75 Å². The molecule has 42 heavy (non-hydrogen) atoms. The Balaban J connectivity index is 1.58. The fourth-order valence-corrected chi connectivity index (χ4v) is 6.48. The predicted molar refractivity (Wildman–Crippen MR) is 173 cm³/mol. The van der Waals surface area contributed by atoms with E-state index in [0.717, 1.165) is 22.9 Å². The minimum atomic E-state index is -4.22. The molecule has 12 heteroatoms. The maximum atomic E-state index is 13.8. The van der Waals surface area contributed by atoms with E-state index in [0.29, 0.717) is 36.6 Å². The van der Waals surface area contributed by atoms with E-state index < -0.39 is 16.0 Å². The molecule has 1 aliphatic heterocycles. The normalized spacial score (nSPS) is 15.6. The Hall–Kier alpha value is -2.98. The summed E-state index contributed by atoms with van der Waals surface area (Å²) in [5.74, 6) is -0.417. The number of hydrogen-bond donors (Lipinski definition) is 0. The second kappa shape index (κ2) is 12.3. The Kier molecular flexibility index (Phi) is 8.94. The van der Waals surface area contributed by atoms with Gasteiger partial charge in [0.1, 0.15) is 10.6 Å². The van der Waals surface area contributed by atoms with Crippen LogP contribution >= 0.6 is 58.2 Å². The van der Waals surface area contributed by atoms with Crippen LogP contribution in [0.5, 0.6) is 5.75 Å². The molecule has 0 aliphatic carbocycles. The van der Waals surface area contributed by atoms with Crippen molar-refractivity contribution in [3.63, 3.8) is 0 Å². The second-order valence-corrected chi connectivity index (χ2v) is 13.4. The minimum Gasteiger partial charge on any atom is -0.378 e. The number of nitrogens with zero attached hydrogens (tertiary/aromatic N) is 2. The first-order valence-corrected chi connectivity index (χ1v) is 16.0. The maximum absolute atomic E-state index is 13.8. The van der Waals surface area contributed by atoms with Gasteiger partial charge in [0.15, 0.2) is 5.17 Å². The number of aryl methyl sites for hydroxylation is 2. The van der Waals surface area contributed by atoms with Crippen LogP contribution in [0.1, 0.15) is 16.7 Å². The van der Waals surface area contributed by atoms with Crippen molar-refractivity contribution >= 4 is 96.8 Å². The number of carbonyl (C=O) groups is 1. The number of carbonyl (C=O) groups excluding carboxylic acids is 1. The lowest BCUT2D eigenvalue weighted by Gasteiger charge is -2.16. The molecule has 5 rings (SSSR count). The van der Waals surface area contributed by atoms with Gasteiger partial charge in [0.2, 0.25) is 0 Å². The lowest BCUT2D eigenvalue weighted by molar-refractivity contribution is -0.113. The summed E-state index contributed by atoms with van der Waals surface area (Å²) in [5.41, 5.74) is 3.07. The minimum absolute atomic E-state index is 0.0177. The summed E-state index contributed by atoms with van der Waals surface area (Å²) in [6.45, 7) is 3.74. The van der Waals surface area contributed by atoms with Crippen molar-refractivity contribution < 1.29 is 17.4 Å². The largest absolute Gasteiger partial charge is 0.378 e. The zero-order valence-corrected chi connectivity index (χ0v) is 26.6. The first kappa shape index (κ1) is 30.5. The van der Waals surface area contributed by atoms with Crippen LogP contribution in [0.4, 0.5) is 11.4 Å². The van der Waals surface area contributed by atoms with Crippen molar-refractivity contribution in [1.82, 2.24) is 0 Å². The molecule has 0 N–H and O–H groups in total. The van der Waals surface area contributed by atoms with Crippen molar-refractivity contribution in [2.45, 2.75) is 18.7 Å². The molecule has 0 unspecified atom stereocenters. The SMILES string of the molecule is Cc1ccc(N=C2S/C(=C/c3cc(Cl)ccc3OS(=O)(=O)c3ccc(Cl)cc3)C(=O)N2c2ccc(C)c(Cl)c2)cc1Cl. The Morgan fingerprint density at radius 3 is 2.12 bits per heavy atom. The van der Waals surface area contributed by atoms with Gasteiger partial charge in [-0.25, -0.2) is 4.99 Å². The van der Waals surface area contributed by atoms with Gasteiger partial charge in [-0.05, 0) is 110 Å². The van der Waals surface area contributed by atoms with Crippen LogP contribution in [-0.4, -0.2) is 19.5 Å². The topological polar surface area (TPSA) is 76.0 Å². The first-order valence-electron chi connectivity index (χ1n) is 12.3. The molecule has 4 aromatic carbocycles. The van der Waals surface area contributed by atoms with Crippen molar-refractivity contribution in [2.24, 2.45) is 4.99 Å². The van der Waals surface area contributed by atoms with E-state index in [1.807, 2.05) is 26.0 Å². The molecule has 0 atom stereocenters. The van der Waals surface area contributed by atoms with Crippen LogP contribution in [0, 0.1) is 13.8 Å². The van der Waals surface area contributed by atoms with Crippen LogP contribution in [-0.2, 0) is 14.9 Å². The Labute approximate surface area is 267 Å². The first-order chi connectivity index (χ1) is 19.9. The van der Waals surface area contributed by atoms with E-state index >= 15 is 0 Å².